The maximum Gasteiger partial charge on any atom is 0.0954 e. The number of aromatic nitrogens is 2. The van der Waals surface area contributed by atoms with E-state index in [1.165, 1.54) is 37.1 Å². The Bertz CT molecular complexity index is 330. The first-order chi connectivity index (χ1) is 7.22. The lowest BCUT2D eigenvalue weighted by Crippen LogP contribution is -2.32. The predicted octanol–water partition coefficient (Wildman–Crippen LogP) is 2.20. The van der Waals surface area contributed by atoms with Crippen LogP contribution in [0, 0.1) is 13.8 Å². The highest BCUT2D eigenvalue weighted by molar-refractivity contribution is 5.10. The molecule has 0 radical (unpaired) electrons. The van der Waals surface area contributed by atoms with E-state index in [1.54, 1.807) is 0 Å². The maximum atomic E-state index is 4.38. The Balaban J connectivity index is 2.13. The van der Waals surface area contributed by atoms with E-state index < -0.39 is 0 Å². The second-order valence-electron chi connectivity index (χ2n) is 4.63. The lowest BCUT2D eigenvalue weighted by molar-refractivity contribution is 0.292. The molecule has 1 aromatic rings. The highest BCUT2D eigenvalue weighted by atomic mass is 15.1. The summed E-state index contributed by atoms with van der Waals surface area (Å²) in [5, 5.41) is 3.40. The lowest BCUT2D eigenvalue weighted by Gasteiger charge is -2.30. The van der Waals surface area contributed by atoms with Gasteiger partial charge in [0.05, 0.1) is 12.0 Å². The van der Waals surface area contributed by atoms with Gasteiger partial charge in [-0.1, -0.05) is 0 Å². The Kier molecular flexibility index (Phi) is 3.10. The molecule has 2 unspecified atom stereocenters. The first-order valence-corrected chi connectivity index (χ1v) is 5.89. The molecule has 1 saturated carbocycles. The van der Waals surface area contributed by atoms with Crippen LogP contribution in [-0.4, -0.2) is 22.6 Å². The van der Waals surface area contributed by atoms with Crippen LogP contribution in [0.15, 0.2) is 6.33 Å². The minimum atomic E-state index is 0.650. The monoisotopic (exact) mass is 207 g/mol. The summed E-state index contributed by atoms with van der Waals surface area (Å²) < 4.78 is 2.36. The van der Waals surface area contributed by atoms with Gasteiger partial charge in [-0.3, -0.25) is 0 Å². The molecule has 1 N–H and O–H groups in total. The Hall–Kier alpha value is -0.830. The van der Waals surface area contributed by atoms with Gasteiger partial charge in [-0.15, -0.1) is 0 Å². The van der Waals surface area contributed by atoms with Gasteiger partial charge in [-0.25, -0.2) is 4.98 Å². The summed E-state index contributed by atoms with van der Waals surface area (Å²) in [4.78, 5) is 4.38. The van der Waals surface area contributed by atoms with Crippen LogP contribution in [0.4, 0.5) is 0 Å². The number of aryl methyl sites for hydroxylation is 1. The number of hydrogen-bond donors (Lipinski definition) is 1. The highest BCUT2D eigenvalue weighted by Gasteiger charge is 2.23. The summed E-state index contributed by atoms with van der Waals surface area (Å²) in [6, 6.07) is 1.34. The molecule has 2 rings (SSSR count). The van der Waals surface area contributed by atoms with Crippen LogP contribution in [0.25, 0.3) is 0 Å². The number of hydrogen-bond acceptors (Lipinski definition) is 2. The van der Waals surface area contributed by atoms with Crippen LogP contribution in [0.1, 0.15) is 43.1 Å². The fraction of sp³-hybridized carbons (Fsp3) is 0.750. The molecule has 1 fully saturated rings. The standard InChI is InChI=1S/C12H21N3/c1-9-10(2)15(8-14-9)12-6-4-5-11(7-12)13-3/h8,11-13H,4-7H2,1-3H3. The van der Waals surface area contributed by atoms with Gasteiger partial charge in [0.1, 0.15) is 0 Å². The molecule has 15 heavy (non-hydrogen) atoms. The van der Waals surface area contributed by atoms with Crippen molar-refractivity contribution in [2.45, 2.75) is 51.6 Å². The van der Waals surface area contributed by atoms with E-state index in [0.717, 1.165) is 0 Å². The molecule has 3 nitrogen and oxygen atoms in total. The van der Waals surface area contributed by atoms with Crippen molar-refractivity contribution < 1.29 is 0 Å². The molecule has 1 aliphatic carbocycles. The average molecular weight is 207 g/mol. The van der Waals surface area contributed by atoms with E-state index in [-0.39, 0.29) is 0 Å². The molecular weight excluding hydrogens is 186 g/mol. The first kappa shape index (κ1) is 10.7. The summed E-state index contributed by atoms with van der Waals surface area (Å²) >= 11 is 0. The fourth-order valence-corrected chi connectivity index (χ4v) is 2.56. The molecule has 2 atom stereocenters. The van der Waals surface area contributed by atoms with E-state index in [1.807, 2.05) is 6.33 Å². The minimum absolute atomic E-state index is 0.650. The summed E-state index contributed by atoms with van der Waals surface area (Å²) in [6.45, 7) is 4.26. The third-order valence-corrected chi connectivity index (χ3v) is 3.73. The predicted molar refractivity (Wildman–Crippen MR) is 62.1 cm³/mol. The average Bonchev–Trinajstić information content (AvgIpc) is 2.60. The molecular formula is C12H21N3. The lowest BCUT2D eigenvalue weighted by atomic mass is 9.91. The van der Waals surface area contributed by atoms with Crippen LogP contribution >= 0.6 is 0 Å². The number of nitrogens with one attached hydrogen (secondary N) is 1. The summed E-state index contributed by atoms with van der Waals surface area (Å²) in [5.74, 6) is 0. The molecule has 0 spiro atoms. The molecule has 0 saturated heterocycles. The van der Waals surface area contributed by atoms with E-state index in [0.29, 0.717) is 12.1 Å². The van der Waals surface area contributed by atoms with Crippen molar-refractivity contribution in [1.82, 2.24) is 14.9 Å². The fourth-order valence-electron chi connectivity index (χ4n) is 2.56. The van der Waals surface area contributed by atoms with Gasteiger partial charge in [0.15, 0.2) is 0 Å². The molecule has 0 amide bonds. The van der Waals surface area contributed by atoms with Crippen molar-refractivity contribution >= 4 is 0 Å². The summed E-state index contributed by atoms with van der Waals surface area (Å²) in [7, 11) is 2.07. The zero-order chi connectivity index (χ0) is 10.8. The normalized spacial score (nSPS) is 26.9. The molecule has 3 heteroatoms. The van der Waals surface area contributed by atoms with Crippen molar-refractivity contribution in [3.8, 4) is 0 Å². The van der Waals surface area contributed by atoms with Crippen LogP contribution < -0.4 is 5.32 Å². The SMILES string of the molecule is CNC1CCCC(n2cnc(C)c2C)C1. The topological polar surface area (TPSA) is 29.9 Å². The van der Waals surface area contributed by atoms with Crippen molar-refractivity contribution in [3.05, 3.63) is 17.7 Å². The second-order valence-corrected chi connectivity index (χ2v) is 4.63. The van der Waals surface area contributed by atoms with Crippen LogP contribution in [0.3, 0.4) is 0 Å². The number of imidazole rings is 1. The zero-order valence-electron chi connectivity index (χ0n) is 9.95. The molecule has 84 valence electrons. The van der Waals surface area contributed by atoms with Gasteiger partial charge in [0.2, 0.25) is 0 Å². The number of rotatable bonds is 2. The Labute approximate surface area is 91.9 Å². The summed E-state index contributed by atoms with van der Waals surface area (Å²) in [5.41, 5.74) is 2.50. The molecule has 1 aliphatic rings. The van der Waals surface area contributed by atoms with Gasteiger partial charge in [-0.05, 0) is 46.6 Å². The minimum Gasteiger partial charge on any atom is -0.332 e. The number of nitrogens with zero attached hydrogens (tertiary/aromatic N) is 2. The third-order valence-electron chi connectivity index (χ3n) is 3.73. The third kappa shape index (κ3) is 2.07. The van der Waals surface area contributed by atoms with E-state index in [9.17, 15) is 0 Å². The molecule has 0 bridgehead atoms. The van der Waals surface area contributed by atoms with E-state index in [2.05, 4.69) is 35.8 Å². The smallest absolute Gasteiger partial charge is 0.0954 e. The first-order valence-electron chi connectivity index (χ1n) is 5.89. The maximum absolute atomic E-state index is 4.38. The summed E-state index contributed by atoms with van der Waals surface area (Å²) in [6.07, 6.45) is 7.20. The van der Waals surface area contributed by atoms with Crippen LogP contribution in [0.5, 0.6) is 0 Å². The van der Waals surface area contributed by atoms with E-state index in [4.69, 9.17) is 0 Å². The quantitative estimate of drug-likeness (QED) is 0.805. The second kappa shape index (κ2) is 4.35. The Morgan fingerprint density at radius 2 is 2.20 bits per heavy atom. The molecule has 1 heterocycles. The van der Waals surface area contributed by atoms with Crippen molar-refractivity contribution in [2.24, 2.45) is 0 Å². The molecule has 0 aliphatic heterocycles. The largest absolute Gasteiger partial charge is 0.332 e. The van der Waals surface area contributed by atoms with Crippen molar-refractivity contribution in [3.63, 3.8) is 0 Å². The van der Waals surface area contributed by atoms with Gasteiger partial charge < -0.3 is 9.88 Å². The van der Waals surface area contributed by atoms with Gasteiger partial charge in [0, 0.05) is 17.8 Å². The molecule has 1 aromatic heterocycles. The van der Waals surface area contributed by atoms with Crippen LogP contribution in [-0.2, 0) is 0 Å². The van der Waals surface area contributed by atoms with Gasteiger partial charge in [0.25, 0.3) is 0 Å². The van der Waals surface area contributed by atoms with Gasteiger partial charge in [-0.2, -0.15) is 0 Å². The Morgan fingerprint density at radius 1 is 1.40 bits per heavy atom. The molecule has 0 aromatic carbocycles. The van der Waals surface area contributed by atoms with Gasteiger partial charge >= 0.3 is 0 Å². The van der Waals surface area contributed by atoms with Crippen LogP contribution in [0.2, 0.25) is 0 Å². The van der Waals surface area contributed by atoms with E-state index >= 15 is 0 Å². The Morgan fingerprint density at radius 3 is 2.80 bits per heavy atom. The zero-order valence-corrected chi connectivity index (χ0v) is 9.95. The van der Waals surface area contributed by atoms with Crippen molar-refractivity contribution in [2.75, 3.05) is 7.05 Å². The highest BCUT2D eigenvalue weighted by Crippen LogP contribution is 2.29. The van der Waals surface area contributed by atoms with Crippen molar-refractivity contribution in [1.29, 1.82) is 0 Å².